The fourth-order valence-electron chi connectivity index (χ4n) is 2.33. The Morgan fingerprint density at radius 1 is 1.41 bits per heavy atom. The maximum absolute atomic E-state index is 10.6. The van der Waals surface area contributed by atoms with Crippen molar-refractivity contribution >= 4 is 0 Å². The van der Waals surface area contributed by atoms with E-state index >= 15 is 0 Å². The molecule has 1 fully saturated rings. The van der Waals surface area contributed by atoms with Crippen LogP contribution in [0.3, 0.4) is 0 Å². The Labute approximate surface area is 101 Å². The molecule has 1 saturated heterocycles. The predicted octanol–water partition coefficient (Wildman–Crippen LogP) is 2.96. The molecule has 0 N–H and O–H groups in total. The van der Waals surface area contributed by atoms with Crippen molar-refractivity contribution in [3.63, 3.8) is 0 Å². The van der Waals surface area contributed by atoms with Gasteiger partial charge in [0.05, 0.1) is 16.7 Å². The summed E-state index contributed by atoms with van der Waals surface area (Å²) in [5.74, 6) is 0. The Hall–Kier alpha value is -1.84. The number of likely N-dealkylation sites (tertiary alicyclic amines) is 1. The smallest absolute Gasteiger partial charge is 0.253 e. The van der Waals surface area contributed by atoms with Crippen LogP contribution in [0.1, 0.15) is 31.4 Å². The predicted molar refractivity (Wildman–Crippen MR) is 65.9 cm³/mol. The summed E-state index contributed by atoms with van der Waals surface area (Å²) in [5.41, 5.74) is 2.04. The molecule has 1 heterocycles. The molecule has 17 heavy (non-hydrogen) atoms. The molecule has 0 spiro atoms. The van der Waals surface area contributed by atoms with E-state index in [-0.39, 0.29) is 11.0 Å². The largest absolute Gasteiger partial charge is 0.363 e. The lowest BCUT2D eigenvalue weighted by Gasteiger charge is -2.26. The topological polar surface area (TPSA) is 46.4 Å². The van der Waals surface area contributed by atoms with E-state index in [0.717, 1.165) is 31.3 Å². The van der Waals surface area contributed by atoms with Gasteiger partial charge >= 0.3 is 0 Å². The summed E-state index contributed by atoms with van der Waals surface area (Å²) in [6, 6.07) is 10.3. The fourth-order valence-corrected chi connectivity index (χ4v) is 2.33. The fraction of sp³-hybridized carbons (Fsp3) is 0.385. The van der Waals surface area contributed by atoms with Crippen molar-refractivity contribution in [2.75, 3.05) is 6.54 Å². The quantitative estimate of drug-likeness (QED) is 0.594. The summed E-state index contributed by atoms with van der Waals surface area (Å²) in [4.78, 5) is 12.3. The van der Waals surface area contributed by atoms with Crippen LogP contribution in [-0.2, 0) is 0 Å². The summed E-state index contributed by atoms with van der Waals surface area (Å²) in [5, 5.41) is 10.6. The Kier molecular flexibility index (Phi) is 3.42. The first kappa shape index (κ1) is 11.6. The van der Waals surface area contributed by atoms with Gasteiger partial charge in [-0.15, -0.1) is 0 Å². The summed E-state index contributed by atoms with van der Waals surface area (Å²) in [6.07, 6.45) is 2.95. The Morgan fingerprint density at radius 3 is 2.76 bits per heavy atom. The van der Waals surface area contributed by atoms with Crippen molar-refractivity contribution in [3.05, 3.63) is 57.9 Å². The van der Waals surface area contributed by atoms with Crippen molar-refractivity contribution in [3.8, 4) is 0 Å². The second-order valence-corrected chi connectivity index (χ2v) is 4.29. The molecule has 1 unspecified atom stereocenters. The number of allylic oxidation sites excluding steroid dienone is 1. The third-order valence-corrected chi connectivity index (χ3v) is 3.20. The molecule has 1 aromatic rings. The number of rotatable bonds is 3. The van der Waals surface area contributed by atoms with Crippen LogP contribution in [-0.4, -0.2) is 16.4 Å². The van der Waals surface area contributed by atoms with Crippen LogP contribution in [0, 0.1) is 10.1 Å². The van der Waals surface area contributed by atoms with Gasteiger partial charge in [0, 0.05) is 6.54 Å². The Bertz CT molecular complexity index is 428. The van der Waals surface area contributed by atoms with Crippen LogP contribution in [0.2, 0.25) is 0 Å². The average molecular weight is 232 g/mol. The van der Waals surface area contributed by atoms with Gasteiger partial charge in [-0.05, 0) is 25.3 Å². The molecule has 0 amide bonds. The molecule has 1 aromatic carbocycles. The van der Waals surface area contributed by atoms with E-state index in [1.54, 1.807) is 0 Å². The lowest BCUT2D eigenvalue weighted by Crippen LogP contribution is -2.22. The molecule has 1 aliphatic rings. The first-order valence-electron chi connectivity index (χ1n) is 5.84. The van der Waals surface area contributed by atoms with Crippen LogP contribution in [0.15, 0.2) is 42.2 Å². The molecule has 0 bridgehead atoms. The minimum Gasteiger partial charge on any atom is -0.363 e. The zero-order chi connectivity index (χ0) is 12.3. The van der Waals surface area contributed by atoms with Crippen molar-refractivity contribution in [1.82, 2.24) is 4.90 Å². The van der Waals surface area contributed by atoms with Crippen LogP contribution < -0.4 is 0 Å². The minimum atomic E-state index is -0.356. The van der Waals surface area contributed by atoms with Gasteiger partial charge in [-0.1, -0.05) is 30.3 Å². The van der Waals surface area contributed by atoms with E-state index < -0.39 is 0 Å². The van der Waals surface area contributed by atoms with E-state index in [0.29, 0.717) is 0 Å². The van der Waals surface area contributed by atoms with Crippen molar-refractivity contribution in [1.29, 1.82) is 0 Å². The van der Waals surface area contributed by atoms with Crippen LogP contribution in [0.25, 0.3) is 0 Å². The highest BCUT2D eigenvalue weighted by Gasteiger charge is 2.25. The van der Waals surface area contributed by atoms with Crippen molar-refractivity contribution in [2.24, 2.45) is 0 Å². The normalized spacial score (nSPS) is 19.6. The molecular formula is C13H16N2O2. The highest BCUT2D eigenvalue weighted by molar-refractivity contribution is 5.21. The first-order valence-corrected chi connectivity index (χ1v) is 5.84. The van der Waals surface area contributed by atoms with E-state index in [1.807, 2.05) is 18.2 Å². The van der Waals surface area contributed by atoms with Crippen LogP contribution >= 0.6 is 0 Å². The lowest BCUT2D eigenvalue weighted by atomic mass is 10.1. The molecule has 0 aliphatic carbocycles. The van der Waals surface area contributed by atoms with E-state index in [4.69, 9.17) is 0 Å². The van der Waals surface area contributed by atoms with Gasteiger partial charge in [0.1, 0.15) is 0 Å². The first-order chi connectivity index (χ1) is 8.18. The molecule has 0 radical (unpaired) electrons. The number of hydrogen-bond acceptors (Lipinski definition) is 3. The van der Waals surface area contributed by atoms with Gasteiger partial charge in [-0.2, -0.15) is 0 Å². The van der Waals surface area contributed by atoms with Gasteiger partial charge in [-0.25, -0.2) is 0 Å². The highest BCUT2D eigenvalue weighted by Crippen LogP contribution is 2.31. The summed E-state index contributed by atoms with van der Waals surface area (Å²) in [7, 11) is 0. The molecule has 4 heteroatoms. The standard InChI is InChI=1S/C13H16N2O2/c1-11(12-6-3-2-4-7-12)14-9-5-8-13(14)10-15(16)17/h2-4,6-7,10-11H,5,8-9H2,1H3/b13-10-. The molecule has 0 saturated carbocycles. The maximum atomic E-state index is 10.6. The highest BCUT2D eigenvalue weighted by atomic mass is 16.6. The second kappa shape index (κ2) is 4.99. The minimum absolute atomic E-state index is 0.199. The second-order valence-electron chi connectivity index (χ2n) is 4.29. The zero-order valence-corrected chi connectivity index (χ0v) is 9.87. The number of hydrogen-bond donors (Lipinski definition) is 0. The van der Waals surface area contributed by atoms with E-state index in [1.165, 1.54) is 5.56 Å². The number of nitrogens with zero attached hydrogens (tertiary/aromatic N) is 2. The maximum Gasteiger partial charge on any atom is 0.253 e. The lowest BCUT2D eigenvalue weighted by molar-refractivity contribution is -0.404. The Balaban J connectivity index is 2.19. The monoisotopic (exact) mass is 232 g/mol. The molecule has 1 atom stereocenters. The number of nitro groups is 1. The van der Waals surface area contributed by atoms with Gasteiger partial charge in [-0.3, -0.25) is 10.1 Å². The van der Waals surface area contributed by atoms with E-state index in [9.17, 15) is 10.1 Å². The summed E-state index contributed by atoms with van der Waals surface area (Å²) in [6.45, 7) is 2.99. The van der Waals surface area contributed by atoms with Gasteiger partial charge in [0.25, 0.3) is 6.20 Å². The molecule has 2 rings (SSSR count). The SMILES string of the molecule is CC(c1ccccc1)N1CCC/C1=C/[N+](=O)[O-]. The average Bonchev–Trinajstić information content (AvgIpc) is 2.76. The molecule has 4 nitrogen and oxygen atoms in total. The van der Waals surface area contributed by atoms with E-state index in [2.05, 4.69) is 24.0 Å². The molecule has 90 valence electrons. The summed E-state index contributed by atoms with van der Waals surface area (Å²) < 4.78 is 0. The van der Waals surface area contributed by atoms with Gasteiger partial charge < -0.3 is 4.90 Å². The Morgan fingerprint density at radius 2 is 2.12 bits per heavy atom. The van der Waals surface area contributed by atoms with Crippen molar-refractivity contribution in [2.45, 2.75) is 25.8 Å². The van der Waals surface area contributed by atoms with Crippen molar-refractivity contribution < 1.29 is 4.92 Å². The zero-order valence-electron chi connectivity index (χ0n) is 9.87. The van der Waals surface area contributed by atoms with Gasteiger partial charge in [0.15, 0.2) is 0 Å². The van der Waals surface area contributed by atoms with Crippen LogP contribution in [0.5, 0.6) is 0 Å². The molecular weight excluding hydrogens is 216 g/mol. The molecule has 0 aromatic heterocycles. The third kappa shape index (κ3) is 2.64. The molecule has 1 aliphatic heterocycles. The third-order valence-electron chi connectivity index (χ3n) is 3.20. The van der Waals surface area contributed by atoms with Crippen LogP contribution in [0.4, 0.5) is 0 Å². The number of benzene rings is 1. The van der Waals surface area contributed by atoms with Gasteiger partial charge in [0.2, 0.25) is 0 Å². The summed E-state index contributed by atoms with van der Waals surface area (Å²) >= 11 is 0.